The third-order valence-corrected chi connectivity index (χ3v) is 3.26. The summed E-state index contributed by atoms with van der Waals surface area (Å²) in [5, 5.41) is 9.06. The summed E-state index contributed by atoms with van der Waals surface area (Å²) < 4.78 is 61.0. The number of thioether (sulfide) groups is 1. The van der Waals surface area contributed by atoms with E-state index in [1.807, 2.05) is 0 Å². The Hall–Kier alpha value is -0.980. The van der Waals surface area contributed by atoms with Crippen LogP contribution >= 0.6 is 11.8 Å². The molecule has 1 N–H and O–H groups in total. The van der Waals surface area contributed by atoms with Crippen molar-refractivity contribution in [3.63, 3.8) is 0 Å². The Bertz CT molecular complexity index is 402. The third kappa shape index (κ3) is 3.49. The Balaban J connectivity index is 2.74. The van der Waals surface area contributed by atoms with Gasteiger partial charge < -0.3 is 5.11 Å². The molecule has 0 aromatic heterocycles. The van der Waals surface area contributed by atoms with Gasteiger partial charge in [-0.2, -0.15) is 22.0 Å². The third-order valence-electron chi connectivity index (χ3n) is 1.98. The first kappa shape index (κ1) is 14.1. The number of halogens is 5. The van der Waals surface area contributed by atoms with Gasteiger partial charge in [0, 0.05) is 4.90 Å². The molecular formula is C10H9F5OS. The number of alkyl halides is 5. The molecule has 0 heterocycles. The minimum Gasteiger partial charge on any atom is -0.508 e. The Morgan fingerprint density at radius 3 is 2.24 bits per heavy atom. The topological polar surface area (TPSA) is 20.2 Å². The molecule has 0 atom stereocenters. The molecule has 1 aromatic carbocycles. The lowest BCUT2D eigenvalue weighted by Gasteiger charge is -2.19. The molecule has 0 saturated carbocycles. The van der Waals surface area contributed by atoms with Crippen molar-refractivity contribution in [2.45, 2.75) is 23.9 Å². The van der Waals surface area contributed by atoms with Gasteiger partial charge in [-0.25, -0.2) is 0 Å². The van der Waals surface area contributed by atoms with Crippen LogP contribution in [0.25, 0.3) is 0 Å². The molecule has 0 aliphatic carbocycles. The lowest BCUT2D eigenvalue weighted by atomic mass is 10.2. The van der Waals surface area contributed by atoms with Crippen molar-refractivity contribution in [2.24, 2.45) is 0 Å². The highest BCUT2D eigenvalue weighted by molar-refractivity contribution is 7.99. The van der Waals surface area contributed by atoms with Crippen molar-refractivity contribution >= 4 is 11.8 Å². The molecule has 1 rings (SSSR count). The van der Waals surface area contributed by atoms with E-state index in [4.69, 9.17) is 5.11 Å². The minimum absolute atomic E-state index is 0.0607. The summed E-state index contributed by atoms with van der Waals surface area (Å²) in [6.45, 7) is 1.52. The summed E-state index contributed by atoms with van der Waals surface area (Å²) in [6.07, 6.45) is -5.54. The molecule has 17 heavy (non-hydrogen) atoms. The van der Waals surface area contributed by atoms with Crippen LogP contribution in [0.1, 0.15) is 5.56 Å². The van der Waals surface area contributed by atoms with E-state index in [1.54, 1.807) is 0 Å². The van der Waals surface area contributed by atoms with Gasteiger partial charge in [-0.3, -0.25) is 0 Å². The van der Waals surface area contributed by atoms with E-state index in [2.05, 4.69) is 0 Å². The van der Waals surface area contributed by atoms with Crippen LogP contribution in [0.2, 0.25) is 0 Å². The predicted octanol–water partition coefficient (Wildman–Crippen LogP) is 3.99. The Morgan fingerprint density at radius 1 is 1.18 bits per heavy atom. The fourth-order valence-electron chi connectivity index (χ4n) is 1.05. The molecule has 1 nitrogen and oxygen atoms in total. The lowest BCUT2D eigenvalue weighted by molar-refractivity contribution is -0.271. The highest BCUT2D eigenvalue weighted by atomic mass is 32.2. The van der Waals surface area contributed by atoms with Gasteiger partial charge in [-0.05, 0) is 30.7 Å². The first-order valence-electron chi connectivity index (χ1n) is 4.50. The van der Waals surface area contributed by atoms with Crippen LogP contribution in [-0.4, -0.2) is 23.0 Å². The van der Waals surface area contributed by atoms with Crippen molar-refractivity contribution in [3.8, 4) is 5.75 Å². The zero-order valence-corrected chi connectivity index (χ0v) is 9.50. The highest BCUT2D eigenvalue weighted by Crippen LogP contribution is 2.40. The van der Waals surface area contributed by atoms with E-state index in [-0.39, 0.29) is 10.6 Å². The van der Waals surface area contributed by atoms with Gasteiger partial charge in [0.15, 0.2) is 0 Å². The second kappa shape index (κ2) is 4.72. The van der Waals surface area contributed by atoms with Gasteiger partial charge >= 0.3 is 12.1 Å². The number of rotatable bonds is 3. The van der Waals surface area contributed by atoms with Crippen LogP contribution in [0.15, 0.2) is 23.1 Å². The average Bonchev–Trinajstić information content (AvgIpc) is 2.14. The highest BCUT2D eigenvalue weighted by Gasteiger charge is 2.57. The number of hydrogen-bond donors (Lipinski definition) is 1. The normalized spacial score (nSPS) is 12.8. The van der Waals surface area contributed by atoms with Crippen molar-refractivity contribution in [1.82, 2.24) is 0 Å². The smallest absolute Gasteiger partial charge is 0.454 e. The maximum atomic E-state index is 12.6. The summed E-state index contributed by atoms with van der Waals surface area (Å²) in [7, 11) is 0. The van der Waals surface area contributed by atoms with E-state index < -0.39 is 17.9 Å². The van der Waals surface area contributed by atoms with Crippen molar-refractivity contribution in [1.29, 1.82) is 0 Å². The van der Waals surface area contributed by atoms with Crippen molar-refractivity contribution in [2.75, 3.05) is 5.75 Å². The zero-order valence-electron chi connectivity index (χ0n) is 8.68. The molecule has 96 valence electrons. The number of hydrogen-bond acceptors (Lipinski definition) is 2. The molecule has 1 aromatic rings. The summed E-state index contributed by atoms with van der Waals surface area (Å²) >= 11 is 0.408. The molecule has 0 bridgehead atoms. The van der Waals surface area contributed by atoms with Crippen molar-refractivity contribution < 1.29 is 27.1 Å². The van der Waals surface area contributed by atoms with Crippen LogP contribution in [-0.2, 0) is 0 Å². The van der Waals surface area contributed by atoms with Gasteiger partial charge in [-0.1, -0.05) is 0 Å². The maximum absolute atomic E-state index is 12.6. The molecular weight excluding hydrogens is 263 g/mol. The van der Waals surface area contributed by atoms with Gasteiger partial charge in [-0.15, -0.1) is 11.8 Å². The van der Waals surface area contributed by atoms with Gasteiger partial charge in [0.1, 0.15) is 5.75 Å². The summed E-state index contributed by atoms with van der Waals surface area (Å²) in [5.74, 6) is -6.15. The SMILES string of the molecule is Cc1cc(O)ccc1SCC(F)(F)C(F)(F)F. The van der Waals surface area contributed by atoms with E-state index in [1.165, 1.54) is 25.1 Å². The lowest BCUT2D eigenvalue weighted by Crippen LogP contribution is -2.38. The van der Waals surface area contributed by atoms with E-state index in [0.29, 0.717) is 17.3 Å². The first-order valence-corrected chi connectivity index (χ1v) is 5.49. The minimum atomic E-state index is -5.54. The van der Waals surface area contributed by atoms with Crippen LogP contribution < -0.4 is 0 Å². The van der Waals surface area contributed by atoms with E-state index in [9.17, 15) is 22.0 Å². The number of aryl methyl sites for hydroxylation is 1. The Labute approximate surface area is 98.6 Å². The molecule has 0 fully saturated rings. The monoisotopic (exact) mass is 272 g/mol. The van der Waals surface area contributed by atoms with Crippen LogP contribution in [0.5, 0.6) is 5.75 Å². The number of phenolic OH excluding ortho intramolecular Hbond substituents is 1. The molecule has 0 aliphatic heterocycles. The summed E-state index contributed by atoms with van der Waals surface area (Å²) in [5.41, 5.74) is 0.452. The predicted molar refractivity (Wildman–Crippen MR) is 54.6 cm³/mol. The molecule has 0 saturated heterocycles. The van der Waals surface area contributed by atoms with Crippen LogP contribution in [0.3, 0.4) is 0 Å². The number of aromatic hydroxyl groups is 1. The second-order valence-electron chi connectivity index (χ2n) is 3.44. The van der Waals surface area contributed by atoms with Crippen LogP contribution in [0, 0.1) is 6.92 Å². The standard InChI is InChI=1S/C10H9F5OS/c1-6-4-7(16)2-3-8(6)17-5-9(11,12)10(13,14)15/h2-4,16H,5H2,1H3. The van der Waals surface area contributed by atoms with E-state index in [0.717, 1.165) is 0 Å². The Kier molecular flexibility index (Phi) is 3.91. The van der Waals surface area contributed by atoms with Crippen LogP contribution in [0.4, 0.5) is 22.0 Å². The summed E-state index contributed by atoms with van der Waals surface area (Å²) in [6, 6.07) is 3.84. The number of phenols is 1. The average molecular weight is 272 g/mol. The quantitative estimate of drug-likeness (QED) is 0.663. The van der Waals surface area contributed by atoms with E-state index >= 15 is 0 Å². The van der Waals surface area contributed by atoms with Gasteiger partial charge in [0.05, 0.1) is 5.75 Å². The molecule has 7 heteroatoms. The summed E-state index contributed by atoms with van der Waals surface area (Å²) in [4.78, 5) is 0.284. The van der Waals surface area contributed by atoms with Gasteiger partial charge in [0.25, 0.3) is 0 Å². The van der Waals surface area contributed by atoms with Crippen molar-refractivity contribution in [3.05, 3.63) is 23.8 Å². The zero-order chi connectivity index (χ0) is 13.3. The fourth-order valence-corrected chi connectivity index (χ4v) is 2.00. The number of benzene rings is 1. The maximum Gasteiger partial charge on any atom is 0.454 e. The molecule has 0 aliphatic rings. The molecule has 0 unspecified atom stereocenters. The van der Waals surface area contributed by atoms with Gasteiger partial charge in [0.2, 0.25) is 0 Å². The Morgan fingerprint density at radius 2 is 1.76 bits per heavy atom. The molecule has 0 amide bonds. The fraction of sp³-hybridized carbons (Fsp3) is 0.400. The molecule has 0 spiro atoms. The first-order chi connectivity index (χ1) is 7.63. The second-order valence-corrected chi connectivity index (χ2v) is 4.46. The molecule has 0 radical (unpaired) electrons. The largest absolute Gasteiger partial charge is 0.508 e.